The van der Waals surface area contributed by atoms with Crippen molar-refractivity contribution in [1.29, 1.82) is 0 Å². The smallest absolute Gasteiger partial charge is 1.00 e. The molecule has 0 saturated carbocycles. The minimum absolute atomic E-state index is 0. The number of nitrogens with zero attached hydrogens (tertiary/aromatic N) is 5. The third-order valence-electron chi connectivity index (χ3n) is 8.00. The van der Waals surface area contributed by atoms with Gasteiger partial charge in [-0.1, -0.05) is 0 Å². The van der Waals surface area contributed by atoms with Crippen molar-refractivity contribution in [3.05, 3.63) is 76.6 Å². The van der Waals surface area contributed by atoms with E-state index in [0.29, 0.717) is 43.8 Å². The zero-order valence-corrected chi connectivity index (χ0v) is 29.7. The van der Waals surface area contributed by atoms with E-state index in [2.05, 4.69) is 9.97 Å². The molecule has 3 aromatic rings. The number of halogens is 9. The molecule has 1 fully saturated rings. The monoisotopic (exact) mass is 745 g/mol. The van der Waals surface area contributed by atoms with Gasteiger partial charge in [0.15, 0.2) is 0 Å². The van der Waals surface area contributed by atoms with Crippen molar-refractivity contribution < 1.29 is 89.9 Å². The molecular weight excluding hydrogens is 712 g/mol. The molecule has 2 aromatic carbocycles. The summed E-state index contributed by atoms with van der Waals surface area (Å²) in [5.74, 6) is -1.74. The number of rotatable bonds is 10. The third kappa shape index (κ3) is 10.6. The Bertz CT molecular complexity index is 1640. The maximum absolute atomic E-state index is 13.9. The van der Waals surface area contributed by atoms with Gasteiger partial charge in [0.05, 0.1) is 53.0 Å². The number of hydrogen-bond acceptors (Lipinski definition) is 7. The van der Waals surface area contributed by atoms with Gasteiger partial charge in [-0.25, -0.2) is 14.8 Å². The third-order valence-corrected chi connectivity index (χ3v) is 8.00. The van der Waals surface area contributed by atoms with E-state index in [4.69, 9.17) is 4.74 Å². The number of hydrogen-bond donors (Lipinski definition) is 1. The van der Waals surface area contributed by atoms with E-state index in [-0.39, 0.29) is 67.4 Å². The minimum Gasteiger partial charge on any atom is -1.00 e. The summed E-state index contributed by atoms with van der Waals surface area (Å²) < 4.78 is 129. The summed E-state index contributed by atoms with van der Waals surface area (Å²) in [5, 5.41) is 9.28. The van der Waals surface area contributed by atoms with E-state index in [0.717, 1.165) is 28.0 Å². The zero-order chi connectivity index (χ0) is 37.0. The molecule has 1 N–H and O–H groups in total. The van der Waals surface area contributed by atoms with E-state index >= 15 is 0 Å². The number of aromatic nitrogens is 2. The fourth-order valence-electron chi connectivity index (χ4n) is 5.51. The molecule has 0 spiro atoms. The Balaban J connectivity index is 0.00000468. The number of carbonyl (C=O) groups is 2. The first-order chi connectivity index (χ1) is 23.3. The first kappa shape index (κ1) is 41.6. The Kier molecular flexibility index (Phi) is 13.6. The van der Waals surface area contributed by atoms with Gasteiger partial charge in [-0.05, 0) is 74.2 Å². The standard InChI is InChI=1S/C32H32F9N5O4.Na.H/c1-3-46(29(49)50-4-2)26-6-5-22(30(33,34)35)13-21(26)18-45(17-19-11-23(31(36,37)38)14-24(12-19)32(39,40)41)28-42-15-25(16-43-28)44-9-7-20(8-10-44)27(47)48;;/h5-6,11-16,20H,3-4,7-10,17-18H2,1-2H3,(H,47,48);;/q;+1;-1. The predicted molar refractivity (Wildman–Crippen MR) is 164 cm³/mol. The molecule has 0 bridgehead atoms. The largest absolute Gasteiger partial charge is 1.00 e. The summed E-state index contributed by atoms with van der Waals surface area (Å²) in [6.07, 6.45) is -12.8. The quantitative estimate of drug-likeness (QED) is 0.225. The molecule has 0 atom stereocenters. The van der Waals surface area contributed by atoms with Gasteiger partial charge in [-0.3, -0.25) is 9.69 Å². The van der Waals surface area contributed by atoms with E-state index in [9.17, 15) is 54.2 Å². The summed E-state index contributed by atoms with van der Waals surface area (Å²) >= 11 is 0. The fraction of sp³-hybridized carbons (Fsp3) is 0.438. The Morgan fingerprint density at radius 3 is 1.88 bits per heavy atom. The second-order valence-corrected chi connectivity index (χ2v) is 11.4. The van der Waals surface area contributed by atoms with Crippen LogP contribution in [0.4, 0.5) is 61.6 Å². The molecule has 0 aliphatic carbocycles. The number of aliphatic carboxylic acids is 1. The van der Waals surface area contributed by atoms with Crippen molar-refractivity contribution in [3.63, 3.8) is 0 Å². The molecule has 1 saturated heterocycles. The van der Waals surface area contributed by atoms with Crippen LogP contribution in [0.3, 0.4) is 0 Å². The van der Waals surface area contributed by atoms with Crippen LogP contribution in [0, 0.1) is 5.92 Å². The summed E-state index contributed by atoms with van der Waals surface area (Å²) in [4.78, 5) is 36.5. The fourth-order valence-corrected chi connectivity index (χ4v) is 5.51. The Labute approximate surface area is 310 Å². The SMILES string of the molecule is CCOC(=O)N(CC)c1ccc(C(F)(F)F)cc1CN(Cc1cc(C(F)(F)F)cc(C(F)(F)F)c1)c1ncc(N2CCC(C(=O)O)CC2)cn1.[H-].[Na+]. The average molecular weight is 746 g/mol. The summed E-state index contributed by atoms with van der Waals surface area (Å²) in [7, 11) is 0. The van der Waals surface area contributed by atoms with Gasteiger partial charge in [0, 0.05) is 32.7 Å². The number of benzene rings is 2. The van der Waals surface area contributed by atoms with E-state index < -0.39 is 71.9 Å². The predicted octanol–water partition coefficient (Wildman–Crippen LogP) is 5.14. The molecule has 1 aliphatic rings. The molecule has 19 heteroatoms. The second-order valence-electron chi connectivity index (χ2n) is 11.4. The number of piperidine rings is 1. The first-order valence-corrected chi connectivity index (χ1v) is 15.3. The van der Waals surface area contributed by atoms with Gasteiger partial charge in [-0.2, -0.15) is 39.5 Å². The van der Waals surface area contributed by atoms with E-state index in [1.807, 2.05) is 0 Å². The molecule has 0 unspecified atom stereocenters. The summed E-state index contributed by atoms with van der Waals surface area (Å²) in [6.45, 7) is 2.25. The van der Waals surface area contributed by atoms with Gasteiger partial charge >= 0.3 is 60.1 Å². The van der Waals surface area contributed by atoms with Gasteiger partial charge < -0.3 is 21.1 Å². The molecule has 1 amide bonds. The first-order valence-electron chi connectivity index (χ1n) is 15.3. The van der Waals surface area contributed by atoms with Crippen LogP contribution in [0.2, 0.25) is 0 Å². The summed E-state index contributed by atoms with van der Waals surface area (Å²) in [6, 6.07) is 3.41. The van der Waals surface area contributed by atoms with Gasteiger partial charge in [-0.15, -0.1) is 0 Å². The van der Waals surface area contributed by atoms with Crippen LogP contribution in [-0.2, 0) is 41.1 Å². The molecule has 4 rings (SSSR count). The normalized spacial score (nSPS) is 14.1. The zero-order valence-electron chi connectivity index (χ0n) is 28.7. The van der Waals surface area contributed by atoms with E-state index in [1.54, 1.807) is 4.90 Å². The number of carboxylic acids is 1. The molecule has 51 heavy (non-hydrogen) atoms. The van der Waals surface area contributed by atoms with Crippen LogP contribution < -0.4 is 44.3 Å². The van der Waals surface area contributed by atoms with Crippen LogP contribution in [0.1, 0.15) is 55.9 Å². The van der Waals surface area contributed by atoms with Crippen LogP contribution in [0.5, 0.6) is 0 Å². The van der Waals surface area contributed by atoms with Crippen molar-refractivity contribution in [2.24, 2.45) is 5.92 Å². The Morgan fingerprint density at radius 1 is 0.863 bits per heavy atom. The van der Waals surface area contributed by atoms with Crippen molar-refractivity contribution in [3.8, 4) is 0 Å². The van der Waals surface area contributed by atoms with Gasteiger partial charge in [0.1, 0.15) is 0 Å². The number of anilines is 3. The minimum atomic E-state index is -5.16. The van der Waals surface area contributed by atoms with Crippen LogP contribution >= 0.6 is 0 Å². The molecule has 2 heterocycles. The Hall–Kier alpha value is -3.77. The van der Waals surface area contributed by atoms with Crippen LogP contribution in [0.25, 0.3) is 0 Å². The van der Waals surface area contributed by atoms with Crippen molar-refractivity contribution in [1.82, 2.24) is 9.97 Å². The number of amides is 1. The van der Waals surface area contributed by atoms with Crippen LogP contribution in [-0.4, -0.2) is 53.4 Å². The topological polar surface area (TPSA) is 99.1 Å². The number of carbonyl (C=O) groups excluding carboxylic acids is 1. The molecular formula is C32H33F9N5NaO4. The molecule has 1 aromatic heterocycles. The maximum atomic E-state index is 13.9. The molecule has 9 nitrogen and oxygen atoms in total. The van der Waals surface area contributed by atoms with E-state index in [1.165, 1.54) is 26.2 Å². The van der Waals surface area contributed by atoms with Crippen LogP contribution in [0.15, 0.2) is 48.8 Å². The summed E-state index contributed by atoms with van der Waals surface area (Å²) in [5.41, 5.74) is -4.61. The van der Waals surface area contributed by atoms with Crippen molar-refractivity contribution >= 4 is 29.4 Å². The molecule has 1 aliphatic heterocycles. The Morgan fingerprint density at radius 2 is 1.41 bits per heavy atom. The number of ether oxygens (including phenoxy) is 1. The second kappa shape index (κ2) is 16.7. The molecule has 0 radical (unpaired) electrons. The molecule has 274 valence electrons. The van der Waals surface area contributed by atoms with Gasteiger partial charge in [0.25, 0.3) is 0 Å². The maximum Gasteiger partial charge on any atom is 1.00 e. The van der Waals surface area contributed by atoms with Gasteiger partial charge in [0.2, 0.25) is 5.95 Å². The van der Waals surface area contributed by atoms with Crippen molar-refractivity contribution in [2.45, 2.75) is 58.3 Å². The van der Waals surface area contributed by atoms with Crippen molar-refractivity contribution in [2.75, 3.05) is 40.9 Å². The number of carboxylic acid groups (broad SMARTS) is 1. The average Bonchev–Trinajstić information content (AvgIpc) is 3.04. The number of alkyl halides is 9.